The lowest BCUT2D eigenvalue weighted by atomic mass is 10.1. The third-order valence-corrected chi connectivity index (χ3v) is 5.19. The van der Waals surface area contributed by atoms with Crippen molar-refractivity contribution in [3.05, 3.63) is 64.4 Å². The average molecular weight is 310 g/mol. The molecule has 1 aliphatic rings. The highest BCUT2D eigenvalue weighted by atomic mass is 32.2. The first kappa shape index (κ1) is 13.3. The van der Waals surface area contributed by atoms with Crippen molar-refractivity contribution in [3.8, 4) is 5.75 Å². The van der Waals surface area contributed by atoms with E-state index in [0.717, 1.165) is 16.1 Å². The molecule has 3 aromatic rings. The molecule has 5 heteroatoms. The normalized spacial score (nSPS) is 16.5. The molecule has 2 N–H and O–H groups in total. The Bertz CT molecular complexity index is 924. The maximum Gasteiger partial charge on any atom is 0.260 e. The van der Waals surface area contributed by atoms with Gasteiger partial charge in [-0.15, -0.1) is 0 Å². The number of rotatable bonds is 1. The number of aromatic hydroxyl groups is 1. The standard InChI is InChI=1S/C17H14N2O2S/c1-19-12-8-4-2-6-10(12)15(20)14(17(19)21)16-18-11-7-3-5-9-13(11)22-16/h2-9,16,18,20H,1H3/t16-/m1/s1. The highest BCUT2D eigenvalue weighted by Crippen LogP contribution is 2.48. The van der Waals surface area contributed by atoms with Crippen molar-refractivity contribution in [2.24, 2.45) is 7.05 Å². The molecule has 0 bridgehead atoms. The van der Waals surface area contributed by atoms with Gasteiger partial charge in [-0.3, -0.25) is 4.79 Å². The van der Waals surface area contributed by atoms with Crippen LogP contribution < -0.4 is 10.9 Å². The van der Waals surface area contributed by atoms with Crippen molar-refractivity contribution in [3.63, 3.8) is 0 Å². The van der Waals surface area contributed by atoms with Gasteiger partial charge in [0.15, 0.2) is 0 Å². The summed E-state index contributed by atoms with van der Waals surface area (Å²) in [7, 11) is 1.74. The molecule has 0 aliphatic carbocycles. The summed E-state index contributed by atoms with van der Waals surface area (Å²) in [6.45, 7) is 0. The van der Waals surface area contributed by atoms with Gasteiger partial charge in [-0.1, -0.05) is 36.0 Å². The van der Waals surface area contributed by atoms with Crippen LogP contribution in [0.5, 0.6) is 5.75 Å². The second kappa shape index (κ2) is 4.81. The van der Waals surface area contributed by atoms with Gasteiger partial charge in [0, 0.05) is 23.0 Å². The van der Waals surface area contributed by atoms with Gasteiger partial charge in [-0.25, -0.2) is 0 Å². The SMILES string of the molecule is Cn1c(=O)c([C@@H]2Nc3ccccc3S2)c(O)c2ccccc21. The van der Waals surface area contributed by atoms with E-state index in [0.29, 0.717) is 10.9 Å². The molecule has 110 valence electrons. The number of benzene rings is 2. The first-order valence-electron chi connectivity index (χ1n) is 6.99. The Kier molecular flexibility index (Phi) is 2.90. The van der Waals surface area contributed by atoms with Crippen LogP contribution in [0.3, 0.4) is 0 Å². The third kappa shape index (κ3) is 1.82. The molecule has 4 nitrogen and oxygen atoms in total. The Morgan fingerprint density at radius 1 is 1.14 bits per heavy atom. The largest absolute Gasteiger partial charge is 0.507 e. The second-order valence-corrected chi connectivity index (χ2v) is 6.43. The van der Waals surface area contributed by atoms with E-state index in [1.807, 2.05) is 48.5 Å². The summed E-state index contributed by atoms with van der Waals surface area (Å²) < 4.78 is 1.59. The van der Waals surface area contributed by atoms with E-state index in [9.17, 15) is 9.90 Å². The molecule has 0 fully saturated rings. The van der Waals surface area contributed by atoms with E-state index in [1.165, 1.54) is 0 Å². The van der Waals surface area contributed by atoms with Gasteiger partial charge in [0.25, 0.3) is 5.56 Å². The average Bonchev–Trinajstić information content (AvgIpc) is 2.96. The minimum absolute atomic E-state index is 0.0662. The van der Waals surface area contributed by atoms with E-state index in [1.54, 1.807) is 23.4 Å². The maximum atomic E-state index is 12.7. The highest BCUT2D eigenvalue weighted by molar-refractivity contribution is 8.00. The Morgan fingerprint density at radius 2 is 1.86 bits per heavy atom. The fourth-order valence-electron chi connectivity index (χ4n) is 2.86. The van der Waals surface area contributed by atoms with E-state index in [2.05, 4.69) is 5.32 Å². The van der Waals surface area contributed by atoms with Gasteiger partial charge in [0.2, 0.25) is 0 Å². The summed E-state index contributed by atoms with van der Waals surface area (Å²) in [6, 6.07) is 15.3. The van der Waals surface area contributed by atoms with Crippen LogP contribution in [-0.2, 0) is 7.05 Å². The lowest BCUT2D eigenvalue weighted by molar-refractivity contribution is 0.472. The molecule has 4 rings (SSSR count). The van der Waals surface area contributed by atoms with Crippen LogP contribution in [0.15, 0.2) is 58.2 Å². The molecule has 2 aromatic carbocycles. The summed E-state index contributed by atoms with van der Waals surface area (Å²) in [4.78, 5) is 13.8. The van der Waals surface area contributed by atoms with Crippen molar-refractivity contribution in [1.29, 1.82) is 0 Å². The molecule has 22 heavy (non-hydrogen) atoms. The van der Waals surface area contributed by atoms with Crippen LogP contribution in [0, 0.1) is 0 Å². The van der Waals surface area contributed by atoms with Crippen molar-refractivity contribution < 1.29 is 5.11 Å². The summed E-state index contributed by atoms with van der Waals surface area (Å²) in [5.41, 5.74) is 1.96. The molecule has 1 aliphatic heterocycles. The van der Waals surface area contributed by atoms with Crippen molar-refractivity contribution in [2.45, 2.75) is 10.3 Å². The number of aryl methyl sites for hydroxylation is 1. The highest BCUT2D eigenvalue weighted by Gasteiger charge is 2.29. The van der Waals surface area contributed by atoms with Crippen molar-refractivity contribution >= 4 is 28.4 Å². The zero-order valence-electron chi connectivity index (χ0n) is 11.9. The van der Waals surface area contributed by atoms with Crippen LogP contribution >= 0.6 is 11.8 Å². The minimum Gasteiger partial charge on any atom is -0.507 e. The number of fused-ring (bicyclic) bond motifs is 2. The van der Waals surface area contributed by atoms with Crippen molar-refractivity contribution in [1.82, 2.24) is 4.57 Å². The number of thioether (sulfide) groups is 1. The van der Waals surface area contributed by atoms with Gasteiger partial charge in [-0.2, -0.15) is 0 Å². The summed E-state index contributed by atoms with van der Waals surface area (Å²) in [5, 5.41) is 14.4. The van der Waals surface area contributed by atoms with Gasteiger partial charge < -0.3 is 15.0 Å². The Balaban J connectivity index is 1.92. The molecular weight excluding hydrogens is 296 g/mol. The number of nitrogens with zero attached hydrogens (tertiary/aromatic N) is 1. The number of anilines is 1. The third-order valence-electron chi connectivity index (χ3n) is 3.99. The van der Waals surface area contributed by atoms with E-state index in [4.69, 9.17) is 0 Å². The van der Waals surface area contributed by atoms with E-state index >= 15 is 0 Å². The van der Waals surface area contributed by atoms with E-state index in [-0.39, 0.29) is 16.7 Å². The number of hydrogen-bond donors (Lipinski definition) is 2. The number of nitrogens with one attached hydrogen (secondary N) is 1. The first-order valence-corrected chi connectivity index (χ1v) is 7.87. The number of hydrogen-bond acceptors (Lipinski definition) is 4. The molecule has 0 spiro atoms. The minimum atomic E-state index is -0.277. The maximum absolute atomic E-state index is 12.7. The van der Waals surface area contributed by atoms with Gasteiger partial charge in [0.05, 0.1) is 11.1 Å². The molecule has 1 atom stereocenters. The Hall–Kier alpha value is -2.40. The Labute approximate surface area is 131 Å². The predicted molar refractivity (Wildman–Crippen MR) is 89.5 cm³/mol. The molecule has 2 heterocycles. The van der Waals surface area contributed by atoms with Crippen molar-refractivity contribution in [2.75, 3.05) is 5.32 Å². The van der Waals surface area contributed by atoms with Crippen LogP contribution in [-0.4, -0.2) is 9.67 Å². The molecule has 0 saturated carbocycles. The monoisotopic (exact) mass is 310 g/mol. The van der Waals surface area contributed by atoms with Crippen LogP contribution in [0.4, 0.5) is 5.69 Å². The van der Waals surface area contributed by atoms with Crippen LogP contribution in [0.2, 0.25) is 0 Å². The lowest BCUT2D eigenvalue weighted by Gasteiger charge is -2.16. The van der Waals surface area contributed by atoms with E-state index < -0.39 is 0 Å². The second-order valence-electron chi connectivity index (χ2n) is 5.28. The topological polar surface area (TPSA) is 54.3 Å². The number of aromatic nitrogens is 1. The quantitative estimate of drug-likeness (QED) is 0.723. The molecule has 0 radical (unpaired) electrons. The summed E-state index contributed by atoms with van der Waals surface area (Å²) in [6.07, 6.45) is 0. The molecule has 0 unspecified atom stereocenters. The first-order chi connectivity index (χ1) is 10.7. The fourth-order valence-corrected chi connectivity index (χ4v) is 4.04. The number of pyridine rings is 1. The smallest absolute Gasteiger partial charge is 0.260 e. The molecule has 0 saturated heterocycles. The summed E-state index contributed by atoms with van der Waals surface area (Å²) >= 11 is 1.55. The molecular formula is C17H14N2O2S. The predicted octanol–water partition coefficient (Wildman–Crippen LogP) is 3.46. The zero-order chi connectivity index (χ0) is 15.3. The van der Waals surface area contributed by atoms with Crippen LogP contribution in [0.25, 0.3) is 10.9 Å². The lowest BCUT2D eigenvalue weighted by Crippen LogP contribution is -2.24. The zero-order valence-corrected chi connectivity index (χ0v) is 12.7. The number of para-hydroxylation sites is 2. The van der Waals surface area contributed by atoms with Gasteiger partial charge in [0.1, 0.15) is 11.1 Å². The Morgan fingerprint density at radius 3 is 2.68 bits per heavy atom. The summed E-state index contributed by atoms with van der Waals surface area (Å²) in [5.74, 6) is 0.0662. The molecule has 0 amide bonds. The van der Waals surface area contributed by atoms with Gasteiger partial charge >= 0.3 is 0 Å². The van der Waals surface area contributed by atoms with Gasteiger partial charge in [-0.05, 0) is 24.3 Å². The molecule has 1 aromatic heterocycles. The van der Waals surface area contributed by atoms with Crippen LogP contribution in [0.1, 0.15) is 10.9 Å². The fraction of sp³-hybridized carbons (Fsp3) is 0.118.